The van der Waals surface area contributed by atoms with Gasteiger partial charge in [-0.15, -0.1) is 0 Å². The molecular weight excluding hydrogens is 184 g/mol. The number of hydrogen-bond donors (Lipinski definition) is 3. The van der Waals surface area contributed by atoms with E-state index in [1.807, 2.05) is 0 Å². The first-order valence-corrected chi connectivity index (χ1v) is 4.60. The normalized spacial score (nSPS) is 19.9. The van der Waals surface area contributed by atoms with Gasteiger partial charge in [0.25, 0.3) is 0 Å². The Labute approximate surface area is 57.7 Å². The summed E-state index contributed by atoms with van der Waals surface area (Å²) in [6, 6.07) is 0. The van der Waals surface area contributed by atoms with Gasteiger partial charge in [-0.3, -0.25) is 23.9 Å². The van der Waals surface area contributed by atoms with E-state index in [4.69, 9.17) is 15.5 Å². The van der Waals surface area contributed by atoms with E-state index in [9.17, 15) is 9.13 Å². The quantitative estimate of drug-likeness (QED) is 0.386. The second-order valence-corrected chi connectivity index (χ2v) is 2.67. The van der Waals surface area contributed by atoms with E-state index >= 15 is 0 Å². The summed E-state index contributed by atoms with van der Waals surface area (Å²) in [5, 5.41) is 0. The first-order chi connectivity index (χ1) is 4.52. The third kappa shape index (κ3) is 6.38. The molecule has 2 unspecified atom stereocenters. The molecule has 0 fully saturated rings. The zero-order chi connectivity index (χ0) is 8.15. The summed E-state index contributed by atoms with van der Waals surface area (Å²) < 4.78 is 27.4. The molecule has 0 aliphatic rings. The standard InChI is InChI=1S/CH7NO6P2/c2-1(7-9(3)4)8-10(5)6/h1,9-10H,2H2,(H,3,4)(H,5,6). The monoisotopic (exact) mass is 191 g/mol. The summed E-state index contributed by atoms with van der Waals surface area (Å²) in [5.74, 6) is 0. The summed E-state index contributed by atoms with van der Waals surface area (Å²) >= 11 is 0. The molecule has 0 heterocycles. The number of rotatable bonds is 4. The van der Waals surface area contributed by atoms with Crippen molar-refractivity contribution in [2.45, 2.75) is 6.41 Å². The van der Waals surface area contributed by atoms with Crippen LogP contribution in [0.4, 0.5) is 0 Å². The fourth-order valence-electron chi connectivity index (χ4n) is 0.223. The highest BCUT2D eigenvalue weighted by Gasteiger charge is 2.07. The number of nitrogens with two attached hydrogens (primary N) is 1. The van der Waals surface area contributed by atoms with Gasteiger partial charge in [0, 0.05) is 0 Å². The van der Waals surface area contributed by atoms with Crippen molar-refractivity contribution in [1.29, 1.82) is 0 Å². The second-order valence-electron chi connectivity index (χ2n) is 1.14. The van der Waals surface area contributed by atoms with Crippen molar-refractivity contribution in [3.63, 3.8) is 0 Å². The minimum atomic E-state index is -3.21. The van der Waals surface area contributed by atoms with E-state index in [2.05, 4.69) is 9.05 Å². The molecule has 2 atom stereocenters. The molecule has 0 aromatic heterocycles. The molecule has 0 radical (unpaired) electrons. The van der Waals surface area contributed by atoms with Crippen LogP contribution in [0.5, 0.6) is 0 Å². The highest BCUT2D eigenvalue weighted by Crippen LogP contribution is 2.22. The fourth-order valence-corrected chi connectivity index (χ4v) is 0.813. The van der Waals surface area contributed by atoms with E-state index in [0.29, 0.717) is 0 Å². The van der Waals surface area contributed by atoms with Crippen molar-refractivity contribution < 1.29 is 28.0 Å². The van der Waals surface area contributed by atoms with Crippen LogP contribution in [0.15, 0.2) is 0 Å². The second kappa shape index (κ2) is 4.98. The van der Waals surface area contributed by atoms with Crippen LogP contribution in [0.25, 0.3) is 0 Å². The molecule has 0 aromatic carbocycles. The minimum Gasteiger partial charge on any atom is -0.326 e. The lowest BCUT2D eigenvalue weighted by Gasteiger charge is -2.07. The molecule has 10 heavy (non-hydrogen) atoms. The van der Waals surface area contributed by atoms with Crippen molar-refractivity contribution in [2.24, 2.45) is 5.73 Å². The fraction of sp³-hybridized carbons (Fsp3) is 1.00. The Kier molecular flexibility index (Phi) is 5.11. The van der Waals surface area contributed by atoms with Crippen LogP contribution >= 0.6 is 16.5 Å². The molecule has 0 rings (SSSR count). The van der Waals surface area contributed by atoms with Gasteiger partial charge in [-0.2, -0.15) is 0 Å². The van der Waals surface area contributed by atoms with Gasteiger partial charge in [-0.05, 0) is 0 Å². The SMILES string of the molecule is NC(O[PH](=O)O)O[PH](=O)O. The molecule has 62 valence electrons. The van der Waals surface area contributed by atoms with Crippen LogP contribution in [0.3, 0.4) is 0 Å². The van der Waals surface area contributed by atoms with Crippen LogP contribution in [-0.4, -0.2) is 16.2 Å². The molecular formula is CH7NO6P2. The van der Waals surface area contributed by atoms with Gasteiger partial charge >= 0.3 is 16.5 Å². The first-order valence-electron chi connectivity index (χ1n) is 2.07. The number of hydrogen-bond acceptors (Lipinski definition) is 5. The molecule has 0 aliphatic carbocycles. The molecule has 0 saturated carbocycles. The predicted molar refractivity (Wildman–Crippen MR) is 32.6 cm³/mol. The third-order valence-electron chi connectivity index (χ3n) is 0.434. The molecule has 0 spiro atoms. The summed E-state index contributed by atoms with van der Waals surface area (Å²) in [7, 11) is -6.43. The van der Waals surface area contributed by atoms with Crippen LogP contribution in [0, 0.1) is 0 Å². The Hall–Kier alpha value is 0.260. The van der Waals surface area contributed by atoms with E-state index in [-0.39, 0.29) is 0 Å². The topological polar surface area (TPSA) is 119 Å². The van der Waals surface area contributed by atoms with Gasteiger partial charge in [0.2, 0.25) is 6.41 Å². The Morgan fingerprint density at radius 3 is 1.70 bits per heavy atom. The molecule has 4 N–H and O–H groups in total. The Balaban J connectivity index is 3.53. The van der Waals surface area contributed by atoms with E-state index in [0.717, 1.165) is 0 Å². The van der Waals surface area contributed by atoms with Gasteiger partial charge in [-0.1, -0.05) is 0 Å². The molecule has 7 nitrogen and oxygen atoms in total. The van der Waals surface area contributed by atoms with Gasteiger partial charge in [0.1, 0.15) is 0 Å². The molecule has 0 amide bonds. The Morgan fingerprint density at radius 1 is 1.20 bits per heavy atom. The van der Waals surface area contributed by atoms with E-state index < -0.39 is 22.9 Å². The van der Waals surface area contributed by atoms with Crippen LogP contribution < -0.4 is 5.73 Å². The highest BCUT2D eigenvalue weighted by atomic mass is 31.1. The van der Waals surface area contributed by atoms with Crippen molar-refractivity contribution in [2.75, 3.05) is 0 Å². The van der Waals surface area contributed by atoms with Crippen LogP contribution in [0.2, 0.25) is 0 Å². The Bertz CT molecular complexity index is 131. The molecule has 0 aromatic rings. The lowest BCUT2D eigenvalue weighted by atomic mass is 11.2. The summed E-state index contributed by atoms with van der Waals surface area (Å²) in [6.07, 6.45) is -1.62. The highest BCUT2D eigenvalue weighted by molar-refractivity contribution is 7.32. The van der Waals surface area contributed by atoms with E-state index in [1.165, 1.54) is 0 Å². The average Bonchev–Trinajstić information content (AvgIpc) is 1.58. The average molecular weight is 191 g/mol. The Morgan fingerprint density at radius 2 is 1.50 bits per heavy atom. The minimum absolute atomic E-state index is 1.62. The van der Waals surface area contributed by atoms with Gasteiger partial charge < -0.3 is 9.79 Å². The zero-order valence-corrected chi connectivity index (χ0v) is 6.68. The summed E-state index contributed by atoms with van der Waals surface area (Å²) in [4.78, 5) is 16.1. The van der Waals surface area contributed by atoms with Crippen molar-refractivity contribution in [1.82, 2.24) is 0 Å². The smallest absolute Gasteiger partial charge is 0.319 e. The summed E-state index contributed by atoms with van der Waals surface area (Å²) in [5.41, 5.74) is 4.76. The first kappa shape index (κ1) is 10.3. The van der Waals surface area contributed by atoms with Crippen LogP contribution in [0.1, 0.15) is 0 Å². The van der Waals surface area contributed by atoms with Crippen molar-refractivity contribution >= 4 is 16.5 Å². The predicted octanol–water partition coefficient (Wildman–Crippen LogP) is -0.974. The van der Waals surface area contributed by atoms with Crippen molar-refractivity contribution in [3.05, 3.63) is 0 Å². The largest absolute Gasteiger partial charge is 0.326 e. The maximum atomic E-state index is 9.82. The molecule has 0 saturated heterocycles. The third-order valence-corrected chi connectivity index (χ3v) is 1.30. The van der Waals surface area contributed by atoms with Gasteiger partial charge in [-0.25, -0.2) is 0 Å². The molecule has 0 aliphatic heterocycles. The van der Waals surface area contributed by atoms with Crippen LogP contribution in [-0.2, 0) is 18.2 Å². The maximum absolute atomic E-state index is 9.82. The lowest BCUT2D eigenvalue weighted by Crippen LogP contribution is -2.21. The van der Waals surface area contributed by atoms with Gasteiger partial charge in [0.05, 0.1) is 0 Å². The maximum Gasteiger partial charge on any atom is 0.319 e. The summed E-state index contributed by atoms with van der Waals surface area (Å²) in [6.45, 7) is 0. The lowest BCUT2D eigenvalue weighted by molar-refractivity contribution is 0.00839. The molecule has 0 bridgehead atoms. The zero-order valence-electron chi connectivity index (χ0n) is 4.68. The van der Waals surface area contributed by atoms with Crippen molar-refractivity contribution in [3.8, 4) is 0 Å². The van der Waals surface area contributed by atoms with Gasteiger partial charge in [0.15, 0.2) is 0 Å². The van der Waals surface area contributed by atoms with E-state index in [1.54, 1.807) is 0 Å². The molecule has 9 heteroatoms.